The third-order valence-corrected chi connectivity index (χ3v) is 12.3. The van der Waals surface area contributed by atoms with Gasteiger partial charge in [0.2, 0.25) is 0 Å². The number of hydrogen-bond acceptors (Lipinski definition) is 3. The van der Waals surface area contributed by atoms with Gasteiger partial charge >= 0.3 is 141 Å². The van der Waals surface area contributed by atoms with Crippen molar-refractivity contribution in [2.45, 2.75) is 37.5 Å². The Balaban J connectivity index is 2.00. The van der Waals surface area contributed by atoms with E-state index < -0.39 is 27.5 Å². The molecule has 3 nitrogen and oxygen atoms in total. The van der Waals surface area contributed by atoms with Crippen LogP contribution in [-0.4, -0.2) is 40.1 Å². The monoisotopic (exact) mass is 402 g/mol. The Bertz CT molecular complexity index is 563. The molecule has 1 aromatic carbocycles. The Morgan fingerprint density at radius 1 is 1.23 bits per heavy atom. The summed E-state index contributed by atoms with van der Waals surface area (Å²) >= 11 is -1.92. The molecular weight excluding hydrogens is 379 g/mol. The van der Waals surface area contributed by atoms with Crippen LogP contribution in [0.2, 0.25) is 0 Å². The van der Waals surface area contributed by atoms with Crippen LogP contribution in [0.25, 0.3) is 0 Å². The van der Waals surface area contributed by atoms with Crippen molar-refractivity contribution in [3.8, 4) is 0 Å². The second-order valence-corrected chi connectivity index (χ2v) is 13.7. The minimum absolute atomic E-state index is 0.265. The van der Waals surface area contributed by atoms with E-state index in [2.05, 4.69) is 41.1 Å². The SMILES string of the molecule is CCOC(=O)C(CC)OC1=[CH][In]([CH2]c2ccccc2)[C](C)=C1. The fraction of sp³-hybridized carbons (Fsp3) is 0.389. The molecule has 0 saturated carbocycles. The van der Waals surface area contributed by atoms with E-state index in [0.717, 1.165) is 9.94 Å². The quantitative estimate of drug-likeness (QED) is 0.655. The van der Waals surface area contributed by atoms with Crippen LogP contribution in [0.4, 0.5) is 0 Å². The number of allylic oxidation sites excluding steroid dienone is 2. The second kappa shape index (κ2) is 8.47. The standard InChI is InChI=1S/C11H16O3.C7H7.In/c1-5-8-9(4)14-10(6-2)11(12)13-7-3;1-7-5-3-2-4-6-7;/h4,8,10H,6-7H2,1-3H3;2-6H,1H2;. The molecule has 0 amide bonds. The molecule has 0 saturated heterocycles. The average Bonchev–Trinajstić information content (AvgIpc) is 2.86. The van der Waals surface area contributed by atoms with Crippen LogP contribution < -0.4 is 0 Å². The van der Waals surface area contributed by atoms with E-state index in [-0.39, 0.29) is 5.97 Å². The van der Waals surface area contributed by atoms with Gasteiger partial charge < -0.3 is 0 Å². The molecule has 0 spiro atoms. The first-order chi connectivity index (χ1) is 10.6. The normalized spacial score (nSPS) is 15.1. The molecule has 1 atom stereocenters. The van der Waals surface area contributed by atoms with Crippen molar-refractivity contribution in [2.24, 2.45) is 0 Å². The molecule has 1 aliphatic heterocycles. The Hall–Kier alpha value is -1.16. The molecule has 1 aromatic rings. The van der Waals surface area contributed by atoms with Crippen molar-refractivity contribution >= 4 is 27.4 Å². The number of benzene rings is 1. The molecule has 22 heavy (non-hydrogen) atoms. The number of ether oxygens (including phenoxy) is 2. The van der Waals surface area contributed by atoms with Crippen LogP contribution in [0.15, 0.2) is 49.3 Å². The molecule has 4 heteroatoms. The molecule has 116 valence electrons. The molecule has 1 aliphatic rings. The van der Waals surface area contributed by atoms with Crippen molar-refractivity contribution in [3.63, 3.8) is 0 Å². The van der Waals surface area contributed by atoms with Gasteiger partial charge in [0.15, 0.2) is 0 Å². The molecule has 0 fully saturated rings. The Morgan fingerprint density at radius 2 is 1.95 bits per heavy atom. The summed E-state index contributed by atoms with van der Waals surface area (Å²) in [7, 11) is 0. The minimum atomic E-state index is -1.92. The zero-order chi connectivity index (χ0) is 15.9. The van der Waals surface area contributed by atoms with Crippen LogP contribution in [0.1, 0.15) is 32.8 Å². The molecule has 2 rings (SSSR count). The van der Waals surface area contributed by atoms with Gasteiger partial charge in [-0.25, -0.2) is 0 Å². The van der Waals surface area contributed by atoms with E-state index in [1.807, 2.05) is 19.9 Å². The Labute approximate surface area is 140 Å². The molecule has 0 radical (unpaired) electrons. The van der Waals surface area contributed by atoms with Gasteiger partial charge in [-0.1, -0.05) is 0 Å². The zero-order valence-corrected chi connectivity index (χ0v) is 16.8. The molecule has 0 bridgehead atoms. The number of hydrogen-bond donors (Lipinski definition) is 0. The molecule has 0 aromatic heterocycles. The van der Waals surface area contributed by atoms with Crippen LogP contribution in [0.3, 0.4) is 0 Å². The van der Waals surface area contributed by atoms with Gasteiger partial charge in [0.1, 0.15) is 0 Å². The first kappa shape index (κ1) is 17.2. The second-order valence-electron chi connectivity index (χ2n) is 5.52. The number of esters is 1. The van der Waals surface area contributed by atoms with E-state index in [0.29, 0.717) is 13.0 Å². The summed E-state index contributed by atoms with van der Waals surface area (Å²) in [6, 6.07) is 10.6. The van der Waals surface area contributed by atoms with Gasteiger partial charge in [0.25, 0.3) is 0 Å². The summed E-state index contributed by atoms with van der Waals surface area (Å²) in [5.74, 6) is 0.604. The molecule has 0 aliphatic carbocycles. The summed E-state index contributed by atoms with van der Waals surface area (Å²) in [6.45, 7) is 6.35. The van der Waals surface area contributed by atoms with Crippen molar-refractivity contribution in [2.75, 3.05) is 6.61 Å². The van der Waals surface area contributed by atoms with Crippen molar-refractivity contribution in [3.05, 3.63) is 54.9 Å². The fourth-order valence-corrected chi connectivity index (χ4v) is 9.51. The summed E-state index contributed by atoms with van der Waals surface area (Å²) in [4.78, 5) is 11.8. The third-order valence-electron chi connectivity index (χ3n) is 3.82. The Kier molecular flexibility index (Phi) is 6.62. The Morgan fingerprint density at radius 3 is 2.59 bits per heavy atom. The number of carbonyl (C=O) groups excluding carboxylic acids is 1. The van der Waals surface area contributed by atoms with Crippen LogP contribution in [0.5, 0.6) is 0 Å². The van der Waals surface area contributed by atoms with Gasteiger partial charge in [-0.3, -0.25) is 0 Å². The van der Waals surface area contributed by atoms with Crippen LogP contribution >= 0.6 is 0 Å². The van der Waals surface area contributed by atoms with Crippen LogP contribution in [0, 0.1) is 0 Å². The van der Waals surface area contributed by atoms with Gasteiger partial charge in [0, 0.05) is 0 Å². The zero-order valence-electron chi connectivity index (χ0n) is 13.5. The maximum absolute atomic E-state index is 11.8. The van der Waals surface area contributed by atoms with Crippen molar-refractivity contribution < 1.29 is 14.3 Å². The van der Waals surface area contributed by atoms with Crippen molar-refractivity contribution in [1.29, 1.82) is 0 Å². The number of carbonyl (C=O) groups is 1. The number of rotatable bonds is 7. The predicted molar refractivity (Wildman–Crippen MR) is 89.5 cm³/mol. The van der Waals surface area contributed by atoms with Gasteiger partial charge in [-0.05, 0) is 0 Å². The predicted octanol–water partition coefficient (Wildman–Crippen LogP) is 3.54. The summed E-state index contributed by atoms with van der Waals surface area (Å²) in [5, 5.41) is 0. The van der Waals surface area contributed by atoms with E-state index in [1.54, 1.807) is 0 Å². The molecular formula is C18H23InO3. The summed E-state index contributed by atoms with van der Waals surface area (Å²) in [6.07, 6.45) is 2.25. The first-order valence-electron chi connectivity index (χ1n) is 7.91. The van der Waals surface area contributed by atoms with E-state index in [4.69, 9.17) is 9.47 Å². The molecule has 1 unspecified atom stereocenters. The van der Waals surface area contributed by atoms with E-state index >= 15 is 0 Å². The maximum atomic E-state index is 11.8. The van der Waals surface area contributed by atoms with Gasteiger partial charge in [-0.2, -0.15) is 0 Å². The topological polar surface area (TPSA) is 35.5 Å². The van der Waals surface area contributed by atoms with E-state index in [1.165, 1.54) is 8.89 Å². The molecule has 0 N–H and O–H groups in total. The first-order valence-corrected chi connectivity index (χ1v) is 13.8. The molecule has 1 heterocycles. The van der Waals surface area contributed by atoms with E-state index in [9.17, 15) is 4.79 Å². The van der Waals surface area contributed by atoms with Gasteiger partial charge in [0.05, 0.1) is 0 Å². The summed E-state index contributed by atoms with van der Waals surface area (Å²) in [5.41, 5.74) is 1.39. The third kappa shape index (κ3) is 4.67. The summed E-state index contributed by atoms with van der Waals surface area (Å²) < 4.78 is 15.9. The average molecular weight is 402 g/mol. The van der Waals surface area contributed by atoms with Gasteiger partial charge in [-0.15, -0.1) is 0 Å². The fourth-order valence-electron chi connectivity index (χ4n) is 2.57. The van der Waals surface area contributed by atoms with Crippen LogP contribution in [-0.2, 0) is 18.4 Å². The van der Waals surface area contributed by atoms with Crippen molar-refractivity contribution in [1.82, 2.24) is 0 Å².